The van der Waals surface area contributed by atoms with Gasteiger partial charge in [-0.15, -0.1) is 0 Å². The molecule has 0 spiro atoms. The lowest BCUT2D eigenvalue weighted by Gasteiger charge is -2.20. The summed E-state index contributed by atoms with van der Waals surface area (Å²) in [6.07, 6.45) is 1.04. The predicted octanol–water partition coefficient (Wildman–Crippen LogP) is 2.07. The highest BCUT2D eigenvalue weighted by molar-refractivity contribution is 7.89. The molecule has 1 aromatic carbocycles. The van der Waals surface area contributed by atoms with E-state index in [1.165, 1.54) is 16.8 Å². The molecular weight excluding hydrogens is 272 g/mol. The number of aryl methyl sites for hydroxylation is 2. The Morgan fingerprint density at radius 1 is 1.30 bits per heavy atom. The number of sulfonamides is 1. The third-order valence-corrected chi connectivity index (χ3v) is 5.48. The third kappa shape index (κ3) is 3.73. The van der Waals surface area contributed by atoms with Crippen LogP contribution in [0.3, 0.4) is 0 Å². The zero-order valence-electron chi connectivity index (χ0n) is 12.5. The van der Waals surface area contributed by atoms with E-state index in [-0.39, 0.29) is 5.75 Å². The summed E-state index contributed by atoms with van der Waals surface area (Å²) in [5.41, 5.74) is 3.85. The van der Waals surface area contributed by atoms with Crippen LogP contribution < -0.4 is 9.62 Å². The van der Waals surface area contributed by atoms with Gasteiger partial charge >= 0.3 is 0 Å². The van der Waals surface area contributed by atoms with Crippen LogP contribution in [0.5, 0.6) is 0 Å². The Hall–Kier alpha value is -1.07. The van der Waals surface area contributed by atoms with Crippen LogP contribution in [0.25, 0.3) is 0 Å². The van der Waals surface area contributed by atoms with Gasteiger partial charge in [0.25, 0.3) is 0 Å². The molecule has 1 atom stereocenters. The Morgan fingerprint density at radius 2 is 2.05 bits per heavy atom. The first-order valence-electron chi connectivity index (χ1n) is 7.21. The molecule has 1 N–H and O–H groups in total. The van der Waals surface area contributed by atoms with Crippen LogP contribution in [0.15, 0.2) is 18.2 Å². The van der Waals surface area contributed by atoms with E-state index in [0.29, 0.717) is 12.5 Å². The van der Waals surface area contributed by atoms with Gasteiger partial charge in [-0.2, -0.15) is 0 Å². The molecule has 0 saturated carbocycles. The van der Waals surface area contributed by atoms with Gasteiger partial charge in [0.15, 0.2) is 0 Å². The summed E-state index contributed by atoms with van der Waals surface area (Å²) in [6, 6.07) is 6.52. The average molecular weight is 296 g/mol. The van der Waals surface area contributed by atoms with Crippen LogP contribution in [0.1, 0.15) is 24.5 Å². The summed E-state index contributed by atoms with van der Waals surface area (Å²) < 4.78 is 25.6. The van der Waals surface area contributed by atoms with Crippen molar-refractivity contribution in [2.75, 3.05) is 30.3 Å². The molecule has 0 amide bonds. The van der Waals surface area contributed by atoms with Gasteiger partial charge in [-0.1, -0.05) is 6.07 Å². The lowest BCUT2D eigenvalue weighted by atomic mass is 10.1. The molecule has 20 heavy (non-hydrogen) atoms. The van der Waals surface area contributed by atoms with E-state index >= 15 is 0 Å². The van der Waals surface area contributed by atoms with E-state index < -0.39 is 10.0 Å². The standard InChI is InChI=1S/C15H24N2O2S/c1-4-20(18,19)16-10-14-7-8-17(11-14)15-6-5-12(2)13(3)9-15/h5-6,9,14,16H,4,7-8,10-11H2,1-3H3. The number of nitrogens with zero attached hydrogens (tertiary/aromatic N) is 1. The first-order valence-corrected chi connectivity index (χ1v) is 8.86. The largest absolute Gasteiger partial charge is 0.371 e. The molecule has 0 aliphatic carbocycles. The molecule has 1 unspecified atom stereocenters. The monoisotopic (exact) mass is 296 g/mol. The Morgan fingerprint density at radius 3 is 2.70 bits per heavy atom. The van der Waals surface area contributed by atoms with E-state index in [4.69, 9.17) is 0 Å². The van der Waals surface area contributed by atoms with Crippen LogP contribution in [0.2, 0.25) is 0 Å². The van der Waals surface area contributed by atoms with Crippen molar-refractivity contribution in [2.45, 2.75) is 27.2 Å². The third-order valence-electron chi connectivity index (χ3n) is 4.11. The van der Waals surface area contributed by atoms with Gasteiger partial charge in [0.1, 0.15) is 0 Å². The molecule has 0 bridgehead atoms. The molecule has 1 aliphatic heterocycles. The highest BCUT2D eigenvalue weighted by atomic mass is 32.2. The topological polar surface area (TPSA) is 49.4 Å². The number of nitrogens with one attached hydrogen (secondary N) is 1. The van der Waals surface area contributed by atoms with Crippen LogP contribution in [0, 0.1) is 19.8 Å². The van der Waals surface area contributed by atoms with Gasteiger partial charge in [-0.25, -0.2) is 13.1 Å². The average Bonchev–Trinajstić information content (AvgIpc) is 2.89. The zero-order valence-corrected chi connectivity index (χ0v) is 13.3. The quantitative estimate of drug-likeness (QED) is 0.905. The minimum atomic E-state index is -3.07. The van der Waals surface area contributed by atoms with Crippen molar-refractivity contribution >= 4 is 15.7 Å². The molecule has 1 fully saturated rings. The maximum absolute atomic E-state index is 11.5. The van der Waals surface area contributed by atoms with Crippen LogP contribution >= 0.6 is 0 Å². The molecule has 0 aromatic heterocycles. The van der Waals surface area contributed by atoms with Crippen molar-refractivity contribution < 1.29 is 8.42 Å². The van der Waals surface area contributed by atoms with Crippen LogP contribution in [-0.2, 0) is 10.0 Å². The second-order valence-electron chi connectivity index (χ2n) is 5.62. The molecule has 1 aromatic rings. The lowest BCUT2D eigenvalue weighted by Crippen LogP contribution is -2.32. The summed E-state index contributed by atoms with van der Waals surface area (Å²) in [5, 5.41) is 0. The smallest absolute Gasteiger partial charge is 0.211 e. The molecular formula is C15H24N2O2S. The molecule has 5 heteroatoms. The summed E-state index contributed by atoms with van der Waals surface area (Å²) in [5.74, 6) is 0.554. The zero-order chi connectivity index (χ0) is 14.8. The fourth-order valence-corrected chi connectivity index (χ4v) is 3.20. The van der Waals surface area contributed by atoms with Gasteiger partial charge in [-0.3, -0.25) is 0 Å². The Labute approximate surface area is 122 Å². The SMILES string of the molecule is CCS(=O)(=O)NCC1CCN(c2ccc(C)c(C)c2)C1. The number of hydrogen-bond acceptors (Lipinski definition) is 3. The Balaban J connectivity index is 1.93. The van der Waals surface area contributed by atoms with Crippen molar-refractivity contribution in [1.29, 1.82) is 0 Å². The number of hydrogen-bond donors (Lipinski definition) is 1. The van der Waals surface area contributed by atoms with Crippen molar-refractivity contribution in [3.8, 4) is 0 Å². The first-order chi connectivity index (χ1) is 9.41. The summed E-state index contributed by atoms with van der Waals surface area (Å²) in [7, 11) is -3.07. The predicted molar refractivity (Wildman–Crippen MR) is 83.7 cm³/mol. The first kappa shape index (κ1) is 15.3. The maximum atomic E-state index is 11.5. The van der Waals surface area contributed by atoms with Crippen molar-refractivity contribution in [3.05, 3.63) is 29.3 Å². The second-order valence-corrected chi connectivity index (χ2v) is 7.72. The van der Waals surface area contributed by atoms with Crippen molar-refractivity contribution in [1.82, 2.24) is 4.72 Å². The lowest BCUT2D eigenvalue weighted by molar-refractivity contribution is 0.542. The summed E-state index contributed by atoms with van der Waals surface area (Å²) in [4.78, 5) is 2.34. The van der Waals surface area contributed by atoms with Gasteiger partial charge in [0.05, 0.1) is 5.75 Å². The van der Waals surface area contributed by atoms with Crippen molar-refractivity contribution in [3.63, 3.8) is 0 Å². The molecule has 4 nitrogen and oxygen atoms in total. The fraction of sp³-hybridized carbons (Fsp3) is 0.600. The van der Waals surface area contributed by atoms with E-state index in [0.717, 1.165) is 19.5 Å². The minimum absolute atomic E-state index is 0.153. The number of rotatable bonds is 5. The molecule has 1 saturated heterocycles. The number of anilines is 1. The molecule has 1 aliphatic rings. The summed E-state index contributed by atoms with van der Waals surface area (Å²) >= 11 is 0. The maximum Gasteiger partial charge on any atom is 0.211 e. The van der Waals surface area contributed by atoms with E-state index in [2.05, 4.69) is 41.7 Å². The van der Waals surface area contributed by atoms with E-state index in [9.17, 15) is 8.42 Å². The molecule has 112 valence electrons. The molecule has 2 rings (SSSR count). The van der Waals surface area contributed by atoms with E-state index in [1.54, 1.807) is 6.92 Å². The fourth-order valence-electron chi connectivity index (χ4n) is 2.50. The minimum Gasteiger partial charge on any atom is -0.371 e. The van der Waals surface area contributed by atoms with Crippen LogP contribution in [0.4, 0.5) is 5.69 Å². The summed E-state index contributed by atoms with van der Waals surface area (Å²) in [6.45, 7) is 8.39. The molecule has 0 radical (unpaired) electrons. The molecule has 1 heterocycles. The van der Waals surface area contributed by atoms with E-state index in [1.807, 2.05) is 0 Å². The van der Waals surface area contributed by atoms with Gasteiger partial charge in [0.2, 0.25) is 10.0 Å². The van der Waals surface area contributed by atoms with Gasteiger partial charge in [-0.05, 0) is 56.4 Å². The van der Waals surface area contributed by atoms with Gasteiger partial charge in [0, 0.05) is 25.3 Å². The number of benzene rings is 1. The van der Waals surface area contributed by atoms with Crippen molar-refractivity contribution in [2.24, 2.45) is 5.92 Å². The Bertz CT molecular complexity index is 569. The highest BCUT2D eigenvalue weighted by Gasteiger charge is 2.23. The Kier molecular flexibility index (Phi) is 4.70. The van der Waals surface area contributed by atoms with Gasteiger partial charge < -0.3 is 4.90 Å². The normalized spacial score (nSPS) is 19.6. The highest BCUT2D eigenvalue weighted by Crippen LogP contribution is 2.25. The van der Waals surface area contributed by atoms with Crippen LogP contribution in [-0.4, -0.2) is 33.8 Å². The second kappa shape index (κ2) is 6.14.